The summed E-state index contributed by atoms with van der Waals surface area (Å²) in [5, 5.41) is 0.922. The molecule has 1 amide bonds. The van der Waals surface area contributed by atoms with E-state index in [0.717, 1.165) is 53.8 Å². The molecule has 130 valence electrons. The molecule has 26 heavy (non-hydrogen) atoms. The summed E-state index contributed by atoms with van der Waals surface area (Å²) in [6, 6.07) is 15.7. The zero-order valence-electron chi connectivity index (χ0n) is 14.9. The molecule has 0 unspecified atom stereocenters. The minimum Gasteiger partial charge on any atom is -0.338 e. The van der Waals surface area contributed by atoms with Crippen molar-refractivity contribution < 1.29 is 4.79 Å². The molecular weight excluding hydrogens is 322 g/mol. The Kier molecular flexibility index (Phi) is 4.48. The molecule has 0 aliphatic carbocycles. The Morgan fingerprint density at radius 2 is 1.85 bits per heavy atom. The van der Waals surface area contributed by atoms with E-state index in [1.807, 2.05) is 60.4 Å². The molecule has 0 atom stereocenters. The highest BCUT2D eigenvalue weighted by Gasteiger charge is 2.21. The summed E-state index contributed by atoms with van der Waals surface area (Å²) in [6.45, 7) is 3.49. The van der Waals surface area contributed by atoms with Gasteiger partial charge in [0, 0.05) is 35.9 Å². The smallest absolute Gasteiger partial charge is 0.254 e. The number of pyridine rings is 2. The number of fused-ring (bicyclic) bond motifs is 1. The van der Waals surface area contributed by atoms with Crippen LogP contribution >= 0.6 is 0 Å². The van der Waals surface area contributed by atoms with Crippen LogP contribution in [-0.2, 0) is 0 Å². The third-order valence-corrected chi connectivity index (χ3v) is 4.83. The lowest BCUT2D eigenvalue weighted by Crippen LogP contribution is -2.36. The minimum absolute atomic E-state index is 0.0938. The van der Waals surface area contributed by atoms with Crippen molar-refractivity contribution >= 4 is 22.9 Å². The first kappa shape index (κ1) is 16.5. The predicted octanol–water partition coefficient (Wildman–Crippen LogP) is 4.26. The van der Waals surface area contributed by atoms with Gasteiger partial charge in [-0.25, -0.2) is 0 Å². The Labute approximate surface area is 153 Å². The topological polar surface area (TPSA) is 46.1 Å². The summed E-state index contributed by atoms with van der Waals surface area (Å²) in [5.74, 6) is 0.0938. The molecule has 0 bridgehead atoms. The van der Waals surface area contributed by atoms with Crippen molar-refractivity contribution in [1.82, 2.24) is 14.9 Å². The molecule has 0 N–H and O–H groups in total. The van der Waals surface area contributed by atoms with Gasteiger partial charge in [0.05, 0.1) is 11.2 Å². The summed E-state index contributed by atoms with van der Waals surface area (Å²) in [5.41, 5.74) is 4.98. The normalized spacial score (nSPS) is 14.5. The molecule has 4 nitrogen and oxygen atoms in total. The van der Waals surface area contributed by atoms with Crippen molar-refractivity contribution in [2.45, 2.75) is 19.8 Å². The molecule has 4 rings (SSSR count). The molecule has 0 saturated carbocycles. The number of rotatable bonds is 2. The van der Waals surface area contributed by atoms with Gasteiger partial charge in [-0.15, -0.1) is 0 Å². The first-order chi connectivity index (χ1) is 12.7. The molecule has 0 spiro atoms. The maximum Gasteiger partial charge on any atom is 0.254 e. The van der Waals surface area contributed by atoms with Crippen molar-refractivity contribution in [2.24, 2.45) is 0 Å². The minimum atomic E-state index is 0.0938. The van der Waals surface area contributed by atoms with Crippen LogP contribution < -0.4 is 0 Å². The Balaban J connectivity index is 1.50. The number of nitrogens with zero attached hydrogens (tertiary/aromatic N) is 3. The van der Waals surface area contributed by atoms with Gasteiger partial charge in [0.15, 0.2) is 0 Å². The van der Waals surface area contributed by atoms with Crippen LogP contribution in [0.1, 0.15) is 34.6 Å². The van der Waals surface area contributed by atoms with Gasteiger partial charge in [0.2, 0.25) is 0 Å². The second-order valence-electron chi connectivity index (χ2n) is 6.67. The largest absolute Gasteiger partial charge is 0.338 e. The van der Waals surface area contributed by atoms with E-state index in [4.69, 9.17) is 0 Å². The van der Waals surface area contributed by atoms with Crippen LogP contribution in [0.15, 0.2) is 60.3 Å². The summed E-state index contributed by atoms with van der Waals surface area (Å²) in [4.78, 5) is 23.8. The van der Waals surface area contributed by atoms with Gasteiger partial charge in [-0.05, 0) is 56.2 Å². The first-order valence-corrected chi connectivity index (χ1v) is 8.97. The summed E-state index contributed by atoms with van der Waals surface area (Å²) in [6.07, 6.45) is 5.71. The van der Waals surface area contributed by atoms with Crippen molar-refractivity contribution in [3.63, 3.8) is 0 Å². The number of likely N-dealkylation sites (tertiary alicyclic amines) is 1. The van der Waals surface area contributed by atoms with Crippen molar-refractivity contribution in [2.75, 3.05) is 13.1 Å². The molecule has 1 fully saturated rings. The second kappa shape index (κ2) is 7.08. The highest BCUT2D eigenvalue weighted by Crippen LogP contribution is 2.23. The number of amides is 1. The van der Waals surface area contributed by atoms with E-state index in [1.165, 1.54) is 5.57 Å². The van der Waals surface area contributed by atoms with Crippen LogP contribution in [0.25, 0.3) is 17.0 Å². The summed E-state index contributed by atoms with van der Waals surface area (Å²) >= 11 is 0. The standard InChI is InChI=1S/C22H21N3O/c1-16-5-2-6-18(24-16)15-17-10-13-25(14-11-17)22(26)20-7-3-9-21-19(20)8-4-12-23-21/h2-9,12,15H,10-11,13-14H2,1H3. The lowest BCUT2D eigenvalue weighted by molar-refractivity contribution is 0.0746. The zero-order chi connectivity index (χ0) is 17.9. The maximum absolute atomic E-state index is 13.0. The number of carbonyl (C=O) groups excluding carboxylic acids is 1. The third kappa shape index (κ3) is 3.36. The van der Waals surface area contributed by atoms with Gasteiger partial charge in [-0.3, -0.25) is 14.8 Å². The second-order valence-corrected chi connectivity index (χ2v) is 6.67. The SMILES string of the molecule is Cc1cccc(C=C2CCN(C(=O)c3cccc4ncccc34)CC2)n1. The molecule has 1 aliphatic rings. The molecule has 1 aromatic carbocycles. The Bertz CT molecular complexity index is 978. The van der Waals surface area contributed by atoms with E-state index in [1.54, 1.807) is 6.20 Å². The van der Waals surface area contributed by atoms with Gasteiger partial charge < -0.3 is 4.90 Å². The maximum atomic E-state index is 13.0. The number of hydrogen-bond acceptors (Lipinski definition) is 3. The van der Waals surface area contributed by atoms with Crippen molar-refractivity contribution in [1.29, 1.82) is 0 Å². The third-order valence-electron chi connectivity index (χ3n) is 4.83. The van der Waals surface area contributed by atoms with Crippen LogP contribution in [0.5, 0.6) is 0 Å². The number of aryl methyl sites for hydroxylation is 1. The highest BCUT2D eigenvalue weighted by molar-refractivity contribution is 6.06. The molecule has 1 aliphatic heterocycles. The number of piperidine rings is 1. The van der Waals surface area contributed by atoms with Crippen LogP contribution in [0.4, 0.5) is 0 Å². The Hall–Kier alpha value is -3.01. The number of aromatic nitrogens is 2. The predicted molar refractivity (Wildman–Crippen MR) is 104 cm³/mol. The Morgan fingerprint density at radius 1 is 1.04 bits per heavy atom. The monoisotopic (exact) mass is 343 g/mol. The quantitative estimate of drug-likeness (QED) is 0.698. The summed E-state index contributed by atoms with van der Waals surface area (Å²) < 4.78 is 0. The fourth-order valence-corrected chi connectivity index (χ4v) is 3.46. The fourth-order valence-electron chi connectivity index (χ4n) is 3.46. The number of hydrogen-bond donors (Lipinski definition) is 0. The van der Waals surface area contributed by atoms with Crippen LogP contribution in [0.2, 0.25) is 0 Å². The summed E-state index contributed by atoms with van der Waals surface area (Å²) in [7, 11) is 0. The van der Waals surface area contributed by atoms with Gasteiger partial charge >= 0.3 is 0 Å². The molecule has 4 heteroatoms. The van der Waals surface area contributed by atoms with E-state index < -0.39 is 0 Å². The van der Waals surface area contributed by atoms with E-state index in [9.17, 15) is 4.79 Å². The van der Waals surface area contributed by atoms with E-state index in [0.29, 0.717) is 0 Å². The van der Waals surface area contributed by atoms with Gasteiger partial charge in [0.1, 0.15) is 0 Å². The van der Waals surface area contributed by atoms with Gasteiger partial charge in [-0.2, -0.15) is 0 Å². The molecule has 0 radical (unpaired) electrons. The average molecular weight is 343 g/mol. The van der Waals surface area contributed by atoms with E-state index in [-0.39, 0.29) is 5.91 Å². The average Bonchev–Trinajstić information content (AvgIpc) is 2.68. The van der Waals surface area contributed by atoms with Crippen LogP contribution in [0, 0.1) is 6.92 Å². The van der Waals surface area contributed by atoms with E-state index in [2.05, 4.69) is 16.0 Å². The number of benzene rings is 1. The highest BCUT2D eigenvalue weighted by atomic mass is 16.2. The Morgan fingerprint density at radius 3 is 2.65 bits per heavy atom. The van der Waals surface area contributed by atoms with Gasteiger partial charge in [0.25, 0.3) is 5.91 Å². The molecule has 2 aromatic heterocycles. The van der Waals surface area contributed by atoms with Crippen LogP contribution in [0.3, 0.4) is 0 Å². The van der Waals surface area contributed by atoms with Crippen molar-refractivity contribution in [3.05, 3.63) is 77.3 Å². The first-order valence-electron chi connectivity index (χ1n) is 8.97. The lowest BCUT2D eigenvalue weighted by atomic mass is 10.0. The van der Waals surface area contributed by atoms with Gasteiger partial charge in [-0.1, -0.05) is 23.8 Å². The number of carbonyl (C=O) groups is 1. The molecule has 3 aromatic rings. The molecular formula is C22H21N3O. The lowest BCUT2D eigenvalue weighted by Gasteiger charge is -2.29. The van der Waals surface area contributed by atoms with E-state index >= 15 is 0 Å². The molecule has 1 saturated heterocycles. The van der Waals surface area contributed by atoms with Crippen LogP contribution in [-0.4, -0.2) is 33.9 Å². The fraction of sp³-hybridized carbons (Fsp3) is 0.227. The van der Waals surface area contributed by atoms with Crippen molar-refractivity contribution in [3.8, 4) is 0 Å². The molecule has 3 heterocycles. The zero-order valence-corrected chi connectivity index (χ0v) is 14.9.